The van der Waals surface area contributed by atoms with Crippen LogP contribution in [0.4, 0.5) is 5.13 Å². The number of aromatic amines is 1. The van der Waals surface area contributed by atoms with Crippen molar-refractivity contribution in [3.63, 3.8) is 0 Å². The van der Waals surface area contributed by atoms with E-state index in [2.05, 4.69) is 15.3 Å². The Morgan fingerprint density at radius 3 is 2.95 bits per heavy atom. The molecule has 0 unspecified atom stereocenters. The number of H-pyrrole nitrogens is 1. The first-order chi connectivity index (χ1) is 10.2. The molecule has 3 aromatic rings. The van der Waals surface area contributed by atoms with Gasteiger partial charge in [0.2, 0.25) is 0 Å². The molecule has 2 N–H and O–H groups in total. The van der Waals surface area contributed by atoms with E-state index in [1.165, 1.54) is 24.2 Å². The van der Waals surface area contributed by atoms with Gasteiger partial charge in [0.15, 0.2) is 5.13 Å². The first-order valence-corrected chi connectivity index (χ1v) is 8.01. The van der Waals surface area contributed by atoms with E-state index in [0.29, 0.717) is 21.8 Å². The van der Waals surface area contributed by atoms with Gasteiger partial charge in [-0.3, -0.25) is 10.1 Å². The summed E-state index contributed by atoms with van der Waals surface area (Å²) >= 11 is 7.73. The van der Waals surface area contributed by atoms with E-state index in [1.807, 2.05) is 29.6 Å². The zero-order valence-electron chi connectivity index (χ0n) is 11.0. The number of carbonyl (C=O) groups is 1. The van der Waals surface area contributed by atoms with Crippen LogP contribution < -0.4 is 5.32 Å². The summed E-state index contributed by atoms with van der Waals surface area (Å²) in [7, 11) is 0. The van der Waals surface area contributed by atoms with E-state index in [0.717, 1.165) is 16.6 Å². The Bertz CT molecular complexity index is 834. The number of nitrogens with zero attached hydrogens (tertiary/aromatic N) is 1. The number of anilines is 1. The smallest absolute Gasteiger partial charge is 0.275 e. The molecule has 0 spiro atoms. The van der Waals surface area contributed by atoms with E-state index >= 15 is 0 Å². The highest BCUT2D eigenvalue weighted by Crippen LogP contribution is 2.41. The average molecular weight is 318 g/mol. The number of hydrogen-bond donors (Lipinski definition) is 2. The summed E-state index contributed by atoms with van der Waals surface area (Å²) in [5.74, 6) is 0.330. The van der Waals surface area contributed by atoms with Crippen LogP contribution in [0.5, 0.6) is 0 Å². The number of fused-ring (bicyclic) bond motifs is 1. The van der Waals surface area contributed by atoms with Crippen LogP contribution in [0.1, 0.15) is 34.9 Å². The molecule has 0 radical (unpaired) electrons. The van der Waals surface area contributed by atoms with Crippen LogP contribution in [0.3, 0.4) is 0 Å². The molecule has 4 rings (SSSR count). The molecule has 21 heavy (non-hydrogen) atoms. The third kappa shape index (κ3) is 2.32. The molecule has 2 aromatic heterocycles. The number of thiazole rings is 1. The Labute approximate surface area is 130 Å². The van der Waals surface area contributed by atoms with Gasteiger partial charge in [-0.25, -0.2) is 4.98 Å². The highest BCUT2D eigenvalue weighted by atomic mass is 35.5. The van der Waals surface area contributed by atoms with Crippen molar-refractivity contribution in [3.05, 3.63) is 46.1 Å². The van der Waals surface area contributed by atoms with Gasteiger partial charge in [0.25, 0.3) is 5.91 Å². The molecular weight excluding hydrogens is 306 g/mol. The second-order valence-electron chi connectivity index (χ2n) is 5.17. The average Bonchev–Trinajstić information content (AvgIpc) is 3.15. The topological polar surface area (TPSA) is 57.8 Å². The van der Waals surface area contributed by atoms with Crippen molar-refractivity contribution in [2.75, 3.05) is 5.32 Å². The number of benzene rings is 1. The Balaban J connectivity index is 1.61. The van der Waals surface area contributed by atoms with Gasteiger partial charge in [-0.15, -0.1) is 11.3 Å². The normalized spacial score (nSPS) is 14.5. The Kier molecular flexibility index (Phi) is 2.97. The van der Waals surface area contributed by atoms with Gasteiger partial charge in [0, 0.05) is 22.2 Å². The minimum absolute atomic E-state index is 0.257. The zero-order valence-corrected chi connectivity index (χ0v) is 12.6. The Hall–Kier alpha value is -1.85. The van der Waals surface area contributed by atoms with Crippen molar-refractivity contribution in [2.24, 2.45) is 0 Å². The van der Waals surface area contributed by atoms with Crippen LogP contribution in [0.15, 0.2) is 29.6 Å². The molecule has 1 saturated carbocycles. The van der Waals surface area contributed by atoms with Gasteiger partial charge in [0.1, 0.15) is 5.69 Å². The summed E-state index contributed by atoms with van der Waals surface area (Å²) in [6.07, 6.45) is 2.40. The quantitative estimate of drug-likeness (QED) is 0.752. The maximum absolute atomic E-state index is 12.3. The summed E-state index contributed by atoms with van der Waals surface area (Å²) in [5.41, 5.74) is 2.31. The van der Waals surface area contributed by atoms with E-state index in [-0.39, 0.29) is 5.91 Å². The zero-order chi connectivity index (χ0) is 14.4. The standard InChI is InChI=1S/C15H12ClN3OS/c16-12-9-3-1-2-4-10(9)17-13(12)14(20)19-15-18-11(7-21-15)8-5-6-8/h1-4,7-8,17H,5-6H2,(H,18,19,20). The molecule has 0 bridgehead atoms. The molecule has 2 heterocycles. The Morgan fingerprint density at radius 1 is 1.38 bits per heavy atom. The van der Waals surface area contributed by atoms with Crippen molar-refractivity contribution in [3.8, 4) is 0 Å². The molecular formula is C15H12ClN3OS. The van der Waals surface area contributed by atoms with Crippen LogP contribution in [0.25, 0.3) is 10.9 Å². The molecule has 1 aliphatic rings. The highest BCUT2D eigenvalue weighted by molar-refractivity contribution is 7.14. The first-order valence-electron chi connectivity index (χ1n) is 6.75. The molecule has 1 aromatic carbocycles. The number of halogens is 1. The lowest BCUT2D eigenvalue weighted by atomic mass is 10.2. The number of aromatic nitrogens is 2. The van der Waals surface area contributed by atoms with Gasteiger partial charge < -0.3 is 4.98 Å². The summed E-state index contributed by atoms with van der Waals surface area (Å²) < 4.78 is 0. The second kappa shape index (κ2) is 4.86. The monoisotopic (exact) mass is 317 g/mol. The molecule has 6 heteroatoms. The number of nitrogens with one attached hydrogen (secondary N) is 2. The van der Waals surface area contributed by atoms with Crippen molar-refractivity contribution >= 4 is 44.9 Å². The van der Waals surface area contributed by atoms with Crippen LogP contribution >= 0.6 is 22.9 Å². The molecule has 0 atom stereocenters. The van der Waals surface area contributed by atoms with Crippen LogP contribution in [0, 0.1) is 0 Å². The maximum atomic E-state index is 12.3. The van der Waals surface area contributed by atoms with Crippen molar-refractivity contribution in [1.29, 1.82) is 0 Å². The van der Waals surface area contributed by atoms with E-state index in [1.54, 1.807) is 0 Å². The molecule has 0 aliphatic heterocycles. The third-order valence-corrected chi connectivity index (χ3v) is 4.78. The lowest BCUT2D eigenvalue weighted by molar-refractivity contribution is 0.102. The largest absolute Gasteiger partial charge is 0.349 e. The number of rotatable bonds is 3. The number of carbonyl (C=O) groups excluding carboxylic acids is 1. The van der Waals surface area contributed by atoms with Gasteiger partial charge >= 0.3 is 0 Å². The van der Waals surface area contributed by atoms with E-state index < -0.39 is 0 Å². The van der Waals surface area contributed by atoms with Crippen molar-refractivity contribution in [2.45, 2.75) is 18.8 Å². The molecule has 1 aliphatic carbocycles. The van der Waals surface area contributed by atoms with Gasteiger partial charge in [-0.1, -0.05) is 29.8 Å². The van der Waals surface area contributed by atoms with Crippen LogP contribution in [-0.4, -0.2) is 15.9 Å². The molecule has 0 saturated heterocycles. The summed E-state index contributed by atoms with van der Waals surface area (Å²) in [6.45, 7) is 0. The predicted octanol–water partition coefficient (Wildman–Crippen LogP) is 4.41. The lowest BCUT2D eigenvalue weighted by Gasteiger charge is -1.99. The fourth-order valence-electron chi connectivity index (χ4n) is 2.33. The van der Waals surface area contributed by atoms with Crippen LogP contribution in [0.2, 0.25) is 5.02 Å². The highest BCUT2D eigenvalue weighted by Gasteiger charge is 2.26. The van der Waals surface area contributed by atoms with Crippen molar-refractivity contribution in [1.82, 2.24) is 9.97 Å². The Morgan fingerprint density at radius 2 is 2.19 bits per heavy atom. The summed E-state index contributed by atoms with van der Waals surface area (Å²) in [6, 6.07) is 7.58. The fourth-order valence-corrected chi connectivity index (χ4v) is 3.42. The van der Waals surface area contributed by atoms with Gasteiger partial charge in [-0.05, 0) is 18.9 Å². The summed E-state index contributed by atoms with van der Waals surface area (Å²) in [4.78, 5) is 19.8. The minimum atomic E-state index is -0.257. The SMILES string of the molecule is O=C(Nc1nc(C2CC2)cs1)c1[nH]c2ccccc2c1Cl. The number of para-hydroxylation sites is 1. The molecule has 4 nitrogen and oxygen atoms in total. The number of amides is 1. The van der Waals surface area contributed by atoms with E-state index in [4.69, 9.17) is 11.6 Å². The number of hydrogen-bond acceptors (Lipinski definition) is 3. The van der Waals surface area contributed by atoms with Crippen molar-refractivity contribution < 1.29 is 4.79 Å². The third-order valence-electron chi connectivity index (χ3n) is 3.61. The molecule has 1 amide bonds. The van der Waals surface area contributed by atoms with Crippen LogP contribution in [-0.2, 0) is 0 Å². The fraction of sp³-hybridized carbons (Fsp3) is 0.200. The van der Waals surface area contributed by atoms with Gasteiger partial charge in [-0.2, -0.15) is 0 Å². The van der Waals surface area contributed by atoms with Gasteiger partial charge in [0.05, 0.1) is 10.7 Å². The predicted molar refractivity (Wildman–Crippen MR) is 85.4 cm³/mol. The molecule has 106 valence electrons. The second-order valence-corrected chi connectivity index (χ2v) is 6.40. The minimum Gasteiger partial charge on any atom is -0.349 e. The maximum Gasteiger partial charge on any atom is 0.275 e. The first kappa shape index (κ1) is 12.9. The van der Waals surface area contributed by atoms with E-state index in [9.17, 15) is 4.79 Å². The summed E-state index contributed by atoms with van der Waals surface area (Å²) in [5, 5.41) is 6.75. The molecule has 1 fully saturated rings. The lowest BCUT2D eigenvalue weighted by Crippen LogP contribution is -2.12.